The summed E-state index contributed by atoms with van der Waals surface area (Å²) in [6.45, 7) is 0. The topological polar surface area (TPSA) is 146 Å². The van der Waals surface area contributed by atoms with E-state index in [1.165, 1.54) is 44.6 Å². The minimum atomic E-state index is -4.10. The highest BCUT2D eigenvalue weighted by Gasteiger charge is 2.24. The number of azo groups is 1. The van der Waals surface area contributed by atoms with Crippen LogP contribution in [0.1, 0.15) is 0 Å². The van der Waals surface area contributed by atoms with Crippen molar-refractivity contribution < 1.29 is 22.8 Å². The third kappa shape index (κ3) is 4.46. The van der Waals surface area contributed by atoms with Gasteiger partial charge in [-0.25, -0.2) is 8.42 Å². The molecule has 0 bridgehead atoms. The number of anilines is 1. The van der Waals surface area contributed by atoms with E-state index in [9.17, 15) is 18.5 Å². The molecule has 0 atom stereocenters. The maximum atomic E-state index is 13.1. The van der Waals surface area contributed by atoms with Crippen molar-refractivity contribution in [1.82, 2.24) is 0 Å². The van der Waals surface area contributed by atoms with Crippen molar-refractivity contribution in [3.8, 4) is 11.5 Å². The van der Waals surface area contributed by atoms with E-state index in [0.717, 1.165) is 12.1 Å². The second-order valence-corrected chi connectivity index (χ2v) is 8.11. The molecule has 0 aliphatic heterocycles. The standard InChI is InChI=1S/C20H18N4O6S/c1-29-18-11-15(21)17(12-19(18)30-2)23-22-16-9-8-13(24(25)26)10-20(16)31(27,28)14-6-4-3-5-7-14/h3-12H,21H2,1-2H3. The number of ether oxygens (including phenoxy) is 2. The van der Waals surface area contributed by atoms with E-state index >= 15 is 0 Å². The number of hydrogen-bond acceptors (Lipinski definition) is 9. The molecule has 0 saturated heterocycles. The van der Waals surface area contributed by atoms with Gasteiger partial charge in [0.15, 0.2) is 11.5 Å². The summed E-state index contributed by atoms with van der Waals surface area (Å²) >= 11 is 0. The normalized spacial score (nSPS) is 11.4. The van der Waals surface area contributed by atoms with Gasteiger partial charge in [0.25, 0.3) is 5.69 Å². The van der Waals surface area contributed by atoms with Crippen molar-refractivity contribution in [3.63, 3.8) is 0 Å². The fourth-order valence-electron chi connectivity index (χ4n) is 2.72. The molecule has 3 aromatic carbocycles. The quantitative estimate of drug-likeness (QED) is 0.246. The summed E-state index contributed by atoms with van der Waals surface area (Å²) in [5.74, 6) is 0.744. The molecule has 3 rings (SSSR count). The van der Waals surface area contributed by atoms with E-state index in [2.05, 4.69) is 10.2 Å². The molecule has 11 heteroatoms. The third-order valence-electron chi connectivity index (χ3n) is 4.30. The molecule has 3 aromatic rings. The summed E-state index contributed by atoms with van der Waals surface area (Å²) in [6, 6.07) is 13.8. The van der Waals surface area contributed by atoms with Crippen molar-refractivity contribution in [2.75, 3.05) is 20.0 Å². The molecule has 0 unspecified atom stereocenters. The van der Waals surface area contributed by atoms with Crippen LogP contribution in [0.5, 0.6) is 11.5 Å². The van der Waals surface area contributed by atoms with Gasteiger partial charge in [0.1, 0.15) is 16.3 Å². The van der Waals surface area contributed by atoms with Crippen molar-refractivity contribution in [2.24, 2.45) is 10.2 Å². The Morgan fingerprint density at radius 2 is 1.52 bits per heavy atom. The summed E-state index contributed by atoms with van der Waals surface area (Å²) in [6.07, 6.45) is 0. The predicted molar refractivity (Wildman–Crippen MR) is 113 cm³/mol. The Balaban J connectivity index is 2.14. The molecule has 0 fully saturated rings. The van der Waals surface area contributed by atoms with Crippen LogP contribution in [-0.2, 0) is 9.84 Å². The van der Waals surface area contributed by atoms with Gasteiger partial charge in [0.05, 0.1) is 29.7 Å². The Morgan fingerprint density at radius 1 is 0.903 bits per heavy atom. The number of nitrogen functional groups attached to an aromatic ring is 1. The Kier molecular flexibility index (Phi) is 6.16. The van der Waals surface area contributed by atoms with Crippen LogP contribution in [0.2, 0.25) is 0 Å². The van der Waals surface area contributed by atoms with Gasteiger partial charge in [-0.2, -0.15) is 0 Å². The van der Waals surface area contributed by atoms with Gasteiger partial charge in [-0.3, -0.25) is 10.1 Å². The average molecular weight is 442 g/mol. The molecule has 31 heavy (non-hydrogen) atoms. The highest BCUT2D eigenvalue weighted by molar-refractivity contribution is 7.91. The van der Waals surface area contributed by atoms with Crippen LogP contribution >= 0.6 is 0 Å². The molecule has 10 nitrogen and oxygen atoms in total. The number of hydrogen-bond donors (Lipinski definition) is 1. The molecule has 0 saturated carbocycles. The molecule has 160 valence electrons. The van der Waals surface area contributed by atoms with Gasteiger partial charge in [0, 0.05) is 24.3 Å². The molecule has 0 aliphatic carbocycles. The number of nitro groups is 1. The SMILES string of the molecule is COc1cc(N)c(N=Nc2ccc([N+](=O)[O-])cc2S(=O)(=O)c2ccccc2)cc1OC. The molecule has 0 spiro atoms. The molecule has 0 aromatic heterocycles. The fraction of sp³-hybridized carbons (Fsp3) is 0.100. The predicted octanol–water partition coefficient (Wildman–Crippen LogP) is 4.44. The molecule has 2 N–H and O–H groups in total. The van der Waals surface area contributed by atoms with Crippen LogP contribution in [0, 0.1) is 10.1 Å². The molecular formula is C20H18N4O6S. The van der Waals surface area contributed by atoms with Crippen LogP contribution in [-0.4, -0.2) is 27.6 Å². The third-order valence-corrected chi connectivity index (χ3v) is 6.09. The highest BCUT2D eigenvalue weighted by atomic mass is 32.2. The van der Waals surface area contributed by atoms with Crippen molar-refractivity contribution in [1.29, 1.82) is 0 Å². The lowest BCUT2D eigenvalue weighted by Crippen LogP contribution is -2.03. The fourth-order valence-corrected chi connectivity index (χ4v) is 4.15. The second-order valence-electron chi connectivity index (χ2n) is 6.19. The monoisotopic (exact) mass is 442 g/mol. The molecule has 0 amide bonds. The maximum Gasteiger partial charge on any atom is 0.270 e. The van der Waals surface area contributed by atoms with Crippen LogP contribution in [0.3, 0.4) is 0 Å². The van der Waals surface area contributed by atoms with Gasteiger partial charge in [-0.05, 0) is 18.2 Å². The Bertz CT molecular complexity index is 1260. The number of nitrogens with zero attached hydrogens (tertiary/aromatic N) is 3. The molecule has 0 radical (unpaired) electrons. The Morgan fingerprint density at radius 3 is 2.13 bits per heavy atom. The van der Waals surface area contributed by atoms with E-state index in [0.29, 0.717) is 11.5 Å². The lowest BCUT2D eigenvalue weighted by atomic mass is 10.2. The number of benzene rings is 3. The summed E-state index contributed by atoms with van der Waals surface area (Å²) in [5.41, 5.74) is 5.92. The first kappa shape index (κ1) is 21.7. The minimum Gasteiger partial charge on any atom is -0.493 e. The molecular weight excluding hydrogens is 424 g/mol. The van der Waals surface area contributed by atoms with E-state index in [1.54, 1.807) is 18.2 Å². The number of methoxy groups -OCH3 is 2. The van der Waals surface area contributed by atoms with E-state index in [1.807, 2.05) is 0 Å². The number of non-ortho nitro benzene ring substituents is 1. The molecule has 0 heterocycles. The summed E-state index contributed by atoms with van der Waals surface area (Å²) in [5, 5.41) is 19.2. The average Bonchev–Trinajstić information content (AvgIpc) is 2.78. The van der Waals surface area contributed by atoms with Gasteiger partial charge in [-0.1, -0.05) is 18.2 Å². The lowest BCUT2D eigenvalue weighted by Gasteiger charge is -2.10. The van der Waals surface area contributed by atoms with Crippen LogP contribution in [0.25, 0.3) is 0 Å². The highest BCUT2D eigenvalue weighted by Crippen LogP contribution is 2.38. The number of nitro benzene ring substituents is 1. The largest absolute Gasteiger partial charge is 0.493 e. The zero-order valence-electron chi connectivity index (χ0n) is 16.6. The van der Waals surface area contributed by atoms with Gasteiger partial charge in [-0.15, -0.1) is 10.2 Å². The summed E-state index contributed by atoms with van der Waals surface area (Å²) in [7, 11) is -1.20. The van der Waals surface area contributed by atoms with E-state index in [4.69, 9.17) is 15.2 Å². The zero-order chi connectivity index (χ0) is 22.6. The Labute approximate surface area is 178 Å². The van der Waals surface area contributed by atoms with Crippen LogP contribution in [0.15, 0.2) is 80.7 Å². The van der Waals surface area contributed by atoms with Gasteiger partial charge in [0.2, 0.25) is 9.84 Å². The summed E-state index contributed by atoms with van der Waals surface area (Å²) < 4.78 is 36.6. The maximum absolute atomic E-state index is 13.1. The first-order valence-electron chi connectivity index (χ1n) is 8.79. The smallest absolute Gasteiger partial charge is 0.270 e. The lowest BCUT2D eigenvalue weighted by molar-refractivity contribution is -0.385. The van der Waals surface area contributed by atoms with Gasteiger partial charge >= 0.3 is 0 Å². The molecule has 0 aliphatic rings. The second kappa shape index (κ2) is 8.79. The van der Waals surface area contributed by atoms with Gasteiger partial charge < -0.3 is 15.2 Å². The number of rotatable bonds is 7. The minimum absolute atomic E-state index is 0.0300. The van der Waals surface area contributed by atoms with Crippen LogP contribution in [0.4, 0.5) is 22.7 Å². The van der Waals surface area contributed by atoms with E-state index < -0.39 is 14.8 Å². The van der Waals surface area contributed by atoms with Crippen molar-refractivity contribution in [3.05, 3.63) is 70.8 Å². The van der Waals surface area contributed by atoms with Crippen LogP contribution < -0.4 is 15.2 Å². The zero-order valence-corrected chi connectivity index (χ0v) is 17.4. The first-order valence-corrected chi connectivity index (χ1v) is 10.3. The Hall–Kier alpha value is -3.99. The van der Waals surface area contributed by atoms with Crippen molar-refractivity contribution in [2.45, 2.75) is 9.79 Å². The van der Waals surface area contributed by atoms with Crippen molar-refractivity contribution >= 4 is 32.6 Å². The summed E-state index contributed by atoms with van der Waals surface area (Å²) in [4.78, 5) is 10.1. The van der Waals surface area contributed by atoms with E-state index in [-0.39, 0.29) is 32.5 Å². The number of nitrogens with two attached hydrogens (primary N) is 1. The first-order chi connectivity index (χ1) is 14.8. The number of sulfone groups is 1.